The molecule has 18 heavy (non-hydrogen) atoms. The Labute approximate surface area is 106 Å². The summed E-state index contributed by atoms with van der Waals surface area (Å²) in [6.45, 7) is 0.0582. The molecular formula is C13H18O5. The zero-order valence-corrected chi connectivity index (χ0v) is 10.6. The van der Waals surface area contributed by atoms with Gasteiger partial charge in [0, 0.05) is 6.61 Å². The average molecular weight is 254 g/mol. The highest BCUT2D eigenvalue weighted by Crippen LogP contribution is 2.26. The van der Waals surface area contributed by atoms with Crippen LogP contribution in [0.25, 0.3) is 0 Å². The van der Waals surface area contributed by atoms with Crippen LogP contribution < -0.4 is 9.47 Å². The Balaban J connectivity index is 2.63. The molecule has 5 nitrogen and oxygen atoms in total. The van der Waals surface area contributed by atoms with Gasteiger partial charge in [-0.05, 0) is 18.6 Å². The third kappa shape index (κ3) is 3.92. The van der Waals surface area contributed by atoms with E-state index in [9.17, 15) is 4.79 Å². The van der Waals surface area contributed by atoms with E-state index in [-0.39, 0.29) is 19.2 Å². The molecule has 5 heteroatoms. The molecule has 0 fully saturated rings. The zero-order chi connectivity index (χ0) is 13.4. The predicted octanol–water partition coefficient (Wildman–Crippen LogP) is 1.25. The summed E-state index contributed by atoms with van der Waals surface area (Å²) < 4.78 is 15.3. The van der Waals surface area contributed by atoms with E-state index in [0.717, 1.165) is 0 Å². The lowest BCUT2D eigenvalue weighted by Gasteiger charge is -2.15. The average Bonchev–Trinajstić information content (AvgIpc) is 2.42. The van der Waals surface area contributed by atoms with Gasteiger partial charge in [-0.3, -0.25) is 4.79 Å². The van der Waals surface area contributed by atoms with Gasteiger partial charge in [-0.15, -0.1) is 0 Å². The van der Waals surface area contributed by atoms with Gasteiger partial charge in [0.2, 0.25) is 0 Å². The maximum atomic E-state index is 11.4. The number of aliphatic hydroxyl groups is 1. The second kappa shape index (κ2) is 7.55. The van der Waals surface area contributed by atoms with Crippen molar-refractivity contribution in [3.8, 4) is 11.5 Å². The van der Waals surface area contributed by atoms with Crippen molar-refractivity contribution in [3.05, 3.63) is 24.3 Å². The second-order valence-electron chi connectivity index (χ2n) is 3.69. The number of hydrogen-bond donors (Lipinski definition) is 1. The minimum atomic E-state index is -0.482. The smallest absolute Gasteiger partial charge is 0.312 e. The molecule has 1 aromatic carbocycles. The van der Waals surface area contributed by atoms with Crippen molar-refractivity contribution in [3.63, 3.8) is 0 Å². The molecule has 0 aliphatic rings. The number of rotatable bonds is 7. The van der Waals surface area contributed by atoms with Crippen molar-refractivity contribution >= 4 is 5.97 Å². The topological polar surface area (TPSA) is 65.0 Å². The number of para-hydroxylation sites is 2. The SMILES string of the molecule is COC(=O)C(CCO)COc1ccccc1OC. The second-order valence-corrected chi connectivity index (χ2v) is 3.69. The van der Waals surface area contributed by atoms with Crippen molar-refractivity contribution < 1.29 is 24.1 Å². The van der Waals surface area contributed by atoms with E-state index in [4.69, 9.17) is 14.6 Å². The lowest BCUT2D eigenvalue weighted by molar-refractivity contribution is -0.147. The van der Waals surface area contributed by atoms with Gasteiger partial charge in [0.05, 0.1) is 20.1 Å². The first-order chi connectivity index (χ1) is 8.72. The molecule has 1 aromatic rings. The molecule has 0 aromatic heterocycles. The van der Waals surface area contributed by atoms with Gasteiger partial charge in [-0.1, -0.05) is 12.1 Å². The monoisotopic (exact) mass is 254 g/mol. The van der Waals surface area contributed by atoms with Crippen molar-refractivity contribution in [2.24, 2.45) is 5.92 Å². The van der Waals surface area contributed by atoms with Gasteiger partial charge in [-0.25, -0.2) is 0 Å². The third-order valence-electron chi connectivity index (χ3n) is 2.52. The van der Waals surface area contributed by atoms with E-state index < -0.39 is 5.92 Å². The molecule has 1 unspecified atom stereocenters. The van der Waals surface area contributed by atoms with Crippen molar-refractivity contribution in [1.29, 1.82) is 0 Å². The summed E-state index contributed by atoms with van der Waals surface area (Å²) in [7, 11) is 2.86. The Hall–Kier alpha value is -1.75. The fourth-order valence-electron chi connectivity index (χ4n) is 1.52. The third-order valence-corrected chi connectivity index (χ3v) is 2.52. The molecule has 0 heterocycles. The number of aliphatic hydroxyl groups excluding tert-OH is 1. The summed E-state index contributed by atoms with van der Waals surface area (Å²) in [5.74, 6) is 0.292. The maximum absolute atomic E-state index is 11.4. The van der Waals surface area contributed by atoms with Crippen molar-refractivity contribution in [2.45, 2.75) is 6.42 Å². The summed E-state index contributed by atoms with van der Waals surface area (Å²) in [6, 6.07) is 7.18. The summed E-state index contributed by atoms with van der Waals surface area (Å²) in [5, 5.41) is 8.89. The van der Waals surface area contributed by atoms with Crippen LogP contribution in [0.3, 0.4) is 0 Å². The maximum Gasteiger partial charge on any atom is 0.312 e. The summed E-state index contributed by atoms with van der Waals surface area (Å²) in [4.78, 5) is 11.4. The van der Waals surface area contributed by atoms with Crippen LogP contribution in [0.15, 0.2) is 24.3 Å². The number of carbonyl (C=O) groups is 1. The number of carbonyl (C=O) groups excluding carboxylic acids is 1. The van der Waals surface area contributed by atoms with Gasteiger partial charge >= 0.3 is 5.97 Å². The number of benzene rings is 1. The van der Waals surface area contributed by atoms with Gasteiger partial charge in [0.15, 0.2) is 11.5 Å². The molecule has 1 atom stereocenters. The van der Waals surface area contributed by atoms with E-state index >= 15 is 0 Å². The largest absolute Gasteiger partial charge is 0.493 e. The fraction of sp³-hybridized carbons (Fsp3) is 0.462. The number of methoxy groups -OCH3 is 2. The molecule has 0 aliphatic carbocycles. The highest BCUT2D eigenvalue weighted by Gasteiger charge is 2.20. The van der Waals surface area contributed by atoms with E-state index in [1.54, 1.807) is 19.2 Å². The van der Waals surface area contributed by atoms with E-state index in [1.807, 2.05) is 12.1 Å². The van der Waals surface area contributed by atoms with Gasteiger partial charge in [0.1, 0.15) is 6.61 Å². The van der Waals surface area contributed by atoms with Gasteiger partial charge in [-0.2, -0.15) is 0 Å². The van der Waals surface area contributed by atoms with Crippen LogP contribution in [0.4, 0.5) is 0 Å². The van der Waals surface area contributed by atoms with E-state index in [0.29, 0.717) is 17.9 Å². The van der Waals surface area contributed by atoms with Crippen LogP contribution in [0.5, 0.6) is 11.5 Å². The molecule has 0 aliphatic heterocycles. The van der Waals surface area contributed by atoms with Crippen LogP contribution in [0.1, 0.15) is 6.42 Å². The summed E-state index contributed by atoms with van der Waals surface area (Å²) in [5.41, 5.74) is 0. The minimum Gasteiger partial charge on any atom is -0.493 e. The molecule has 0 saturated heterocycles. The Morgan fingerprint density at radius 2 is 1.94 bits per heavy atom. The van der Waals surface area contributed by atoms with Crippen LogP contribution in [-0.2, 0) is 9.53 Å². The normalized spacial score (nSPS) is 11.7. The molecule has 0 bridgehead atoms. The van der Waals surface area contributed by atoms with Gasteiger partial charge < -0.3 is 19.3 Å². The van der Waals surface area contributed by atoms with Crippen molar-refractivity contribution in [2.75, 3.05) is 27.4 Å². The molecular weight excluding hydrogens is 236 g/mol. The number of hydrogen-bond acceptors (Lipinski definition) is 5. The Bertz CT molecular complexity index is 377. The Morgan fingerprint density at radius 1 is 1.28 bits per heavy atom. The fourth-order valence-corrected chi connectivity index (χ4v) is 1.52. The van der Waals surface area contributed by atoms with Crippen LogP contribution >= 0.6 is 0 Å². The van der Waals surface area contributed by atoms with Crippen LogP contribution in [0, 0.1) is 5.92 Å². The molecule has 1 N–H and O–H groups in total. The van der Waals surface area contributed by atoms with Crippen LogP contribution in [-0.4, -0.2) is 38.5 Å². The van der Waals surface area contributed by atoms with E-state index in [1.165, 1.54) is 7.11 Å². The quantitative estimate of drug-likeness (QED) is 0.742. The summed E-state index contributed by atoms with van der Waals surface area (Å²) >= 11 is 0. The first-order valence-electron chi connectivity index (χ1n) is 5.67. The standard InChI is InChI=1S/C13H18O5/c1-16-11-5-3-4-6-12(11)18-9-10(7-8-14)13(15)17-2/h3-6,10,14H,7-9H2,1-2H3. The van der Waals surface area contributed by atoms with Gasteiger partial charge in [0.25, 0.3) is 0 Å². The minimum absolute atomic E-state index is 0.0882. The Kier molecular flexibility index (Phi) is 6.00. The molecule has 0 amide bonds. The molecule has 0 saturated carbocycles. The Morgan fingerprint density at radius 3 is 2.50 bits per heavy atom. The first-order valence-corrected chi connectivity index (χ1v) is 5.67. The highest BCUT2D eigenvalue weighted by molar-refractivity contribution is 5.72. The molecule has 1 rings (SSSR count). The molecule has 0 radical (unpaired) electrons. The molecule has 0 spiro atoms. The lowest BCUT2D eigenvalue weighted by Crippen LogP contribution is -2.24. The molecule has 100 valence electrons. The summed E-state index contributed by atoms with van der Waals surface area (Å²) in [6.07, 6.45) is 0.307. The predicted molar refractivity (Wildman–Crippen MR) is 65.7 cm³/mol. The van der Waals surface area contributed by atoms with Crippen molar-refractivity contribution in [1.82, 2.24) is 0 Å². The number of ether oxygens (including phenoxy) is 3. The lowest BCUT2D eigenvalue weighted by atomic mass is 10.1. The highest BCUT2D eigenvalue weighted by atomic mass is 16.5. The first kappa shape index (κ1) is 14.3. The van der Waals surface area contributed by atoms with Crippen LogP contribution in [0.2, 0.25) is 0 Å². The number of esters is 1. The van der Waals surface area contributed by atoms with E-state index in [2.05, 4.69) is 4.74 Å². The zero-order valence-electron chi connectivity index (χ0n) is 10.6.